The summed E-state index contributed by atoms with van der Waals surface area (Å²) in [5, 5.41) is 8.73. The molecule has 0 saturated heterocycles. The molecule has 2 aromatic rings. The van der Waals surface area contributed by atoms with Crippen LogP contribution < -0.4 is 20.7 Å². The summed E-state index contributed by atoms with van der Waals surface area (Å²) in [5.41, 5.74) is 2.24. The third-order valence-corrected chi connectivity index (χ3v) is 3.48. The molecule has 0 saturated carbocycles. The topological polar surface area (TPSA) is 79.5 Å². The van der Waals surface area contributed by atoms with Gasteiger partial charge in [0.2, 0.25) is 5.91 Å². The third-order valence-electron chi connectivity index (χ3n) is 3.25. The predicted octanol–water partition coefficient (Wildman–Crippen LogP) is 3.81. The molecule has 6 nitrogen and oxygen atoms in total. The smallest absolute Gasteiger partial charge is 0.319 e. The zero-order chi connectivity index (χ0) is 18.2. The van der Waals surface area contributed by atoms with Crippen molar-refractivity contribution in [3.63, 3.8) is 0 Å². The van der Waals surface area contributed by atoms with Crippen LogP contribution in [0.15, 0.2) is 42.5 Å². The van der Waals surface area contributed by atoms with Gasteiger partial charge in [0.15, 0.2) is 0 Å². The van der Waals surface area contributed by atoms with Gasteiger partial charge in [0.1, 0.15) is 12.4 Å². The molecule has 0 heterocycles. The van der Waals surface area contributed by atoms with Gasteiger partial charge in [0, 0.05) is 23.3 Å². The van der Waals surface area contributed by atoms with Crippen molar-refractivity contribution in [1.29, 1.82) is 0 Å². The number of anilines is 2. The molecule has 0 aliphatic rings. The van der Waals surface area contributed by atoms with Crippen LogP contribution in [0.4, 0.5) is 16.2 Å². The Balaban J connectivity index is 1.72. The van der Waals surface area contributed by atoms with Gasteiger partial charge in [-0.25, -0.2) is 4.79 Å². The fourth-order valence-electron chi connectivity index (χ4n) is 2.12. The van der Waals surface area contributed by atoms with Gasteiger partial charge in [-0.3, -0.25) is 4.79 Å². The Bertz CT molecular complexity index is 748. The lowest BCUT2D eigenvalue weighted by Crippen LogP contribution is -2.32. The Hall–Kier alpha value is -2.73. The summed E-state index contributed by atoms with van der Waals surface area (Å²) in [6.45, 7) is 4.05. The van der Waals surface area contributed by atoms with Crippen molar-refractivity contribution in [2.75, 3.05) is 23.8 Å². The van der Waals surface area contributed by atoms with E-state index in [2.05, 4.69) is 16.0 Å². The maximum Gasteiger partial charge on any atom is 0.319 e. The standard InChI is InChI=1S/C18H20ClN3O3/c1-12-11-14(19)3-8-17(12)25-10-9-20-18(24)22-16-6-4-15(5-7-16)21-13(2)23/h3-8,11H,9-10H2,1-2H3,(H,21,23)(H2,20,22,24). The molecule has 132 valence electrons. The van der Waals surface area contributed by atoms with Gasteiger partial charge in [-0.05, 0) is 55.0 Å². The normalized spacial score (nSPS) is 10.0. The van der Waals surface area contributed by atoms with Gasteiger partial charge in [-0.1, -0.05) is 11.6 Å². The Morgan fingerprint density at radius 2 is 1.68 bits per heavy atom. The zero-order valence-electron chi connectivity index (χ0n) is 14.1. The molecule has 0 aliphatic heterocycles. The highest BCUT2D eigenvalue weighted by atomic mass is 35.5. The van der Waals surface area contributed by atoms with E-state index in [0.29, 0.717) is 29.5 Å². The highest BCUT2D eigenvalue weighted by Crippen LogP contribution is 2.21. The number of benzene rings is 2. The number of ether oxygens (including phenoxy) is 1. The van der Waals surface area contributed by atoms with E-state index in [0.717, 1.165) is 11.3 Å². The van der Waals surface area contributed by atoms with E-state index in [1.165, 1.54) is 6.92 Å². The number of hydrogen-bond acceptors (Lipinski definition) is 3. The van der Waals surface area contributed by atoms with Gasteiger partial charge in [0.25, 0.3) is 0 Å². The van der Waals surface area contributed by atoms with Crippen LogP contribution in [0.3, 0.4) is 0 Å². The van der Waals surface area contributed by atoms with E-state index >= 15 is 0 Å². The van der Waals surface area contributed by atoms with Crippen molar-refractivity contribution in [1.82, 2.24) is 5.32 Å². The summed E-state index contributed by atoms with van der Waals surface area (Å²) in [5.74, 6) is 0.592. The van der Waals surface area contributed by atoms with E-state index in [1.807, 2.05) is 13.0 Å². The molecule has 25 heavy (non-hydrogen) atoms. The number of halogens is 1. The predicted molar refractivity (Wildman–Crippen MR) is 99.5 cm³/mol. The first kappa shape index (κ1) is 18.6. The summed E-state index contributed by atoms with van der Waals surface area (Å²) < 4.78 is 5.60. The minimum Gasteiger partial charge on any atom is -0.491 e. The average Bonchev–Trinajstić information content (AvgIpc) is 2.54. The Kier molecular flexibility index (Phi) is 6.65. The van der Waals surface area contributed by atoms with Crippen molar-refractivity contribution in [3.8, 4) is 5.75 Å². The largest absolute Gasteiger partial charge is 0.491 e. The van der Waals surface area contributed by atoms with E-state index in [1.54, 1.807) is 36.4 Å². The summed E-state index contributed by atoms with van der Waals surface area (Å²) >= 11 is 5.89. The van der Waals surface area contributed by atoms with Gasteiger partial charge >= 0.3 is 6.03 Å². The first-order valence-corrected chi connectivity index (χ1v) is 8.13. The number of nitrogens with one attached hydrogen (secondary N) is 3. The average molecular weight is 362 g/mol. The first-order valence-electron chi connectivity index (χ1n) is 7.75. The minimum atomic E-state index is -0.330. The molecule has 0 unspecified atom stereocenters. The van der Waals surface area contributed by atoms with Crippen molar-refractivity contribution in [2.45, 2.75) is 13.8 Å². The highest BCUT2D eigenvalue weighted by Gasteiger charge is 2.03. The molecule has 0 radical (unpaired) electrons. The molecule has 3 amide bonds. The second-order valence-electron chi connectivity index (χ2n) is 5.40. The maximum atomic E-state index is 11.8. The second kappa shape index (κ2) is 8.94. The van der Waals surface area contributed by atoms with Crippen molar-refractivity contribution < 1.29 is 14.3 Å². The van der Waals surface area contributed by atoms with Gasteiger partial charge in [-0.15, -0.1) is 0 Å². The summed E-state index contributed by atoms with van der Waals surface area (Å²) in [6.07, 6.45) is 0. The van der Waals surface area contributed by atoms with Crippen molar-refractivity contribution in [2.24, 2.45) is 0 Å². The SMILES string of the molecule is CC(=O)Nc1ccc(NC(=O)NCCOc2ccc(Cl)cc2C)cc1. The molecular weight excluding hydrogens is 342 g/mol. The van der Waals surface area contributed by atoms with Crippen molar-refractivity contribution in [3.05, 3.63) is 53.1 Å². The van der Waals surface area contributed by atoms with Crippen LogP contribution in [0.1, 0.15) is 12.5 Å². The second-order valence-corrected chi connectivity index (χ2v) is 5.83. The molecule has 0 aliphatic carbocycles. The van der Waals surface area contributed by atoms with E-state index in [-0.39, 0.29) is 11.9 Å². The number of hydrogen-bond donors (Lipinski definition) is 3. The lowest BCUT2D eigenvalue weighted by Gasteiger charge is -2.11. The van der Waals surface area contributed by atoms with Crippen LogP contribution >= 0.6 is 11.6 Å². The minimum absolute atomic E-state index is 0.144. The van der Waals surface area contributed by atoms with Crippen LogP contribution in [0, 0.1) is 6.92 Å². The number of carbonyl (C=O) groups excluding carboxylic acids is 2. The third kappa shape index (κ3) is 6.35. The molecule has 2 rings (SSSR count). The summed E-state index contributed by atoms with van der Waals surface area (Å²) in [6, 6.07) is 11.9. The zero-order valence-corrected chi connectivity index (χ0v) is 14.8. The fourth-order valence-corrected chi connectivity index (χ4v) is 2.34. The summed E-state index contributed by atoms with van der Waals surface area (Å²) in [7, 11) is 0. The quantitative estimate of drug-likeness (QED) is 0.684. The maximum absolute atomic E-state index is 11.8. The van der Waals surface area contributed by atoms with E-state index < -0.39 is 0 Å². The van der Waals surface area contributed by atoms with Gasteiger partial charge < -0.3 is 20.7 Å². The van der Waals surface area contributed by atoms with E-state index in [9.17, 15) is 9.59 Å². The Morgan fingerprint density at radius 3 is 2.28 bits per heavy atom. The number of aryl methyl sites for hydroxylation is 1. The summed E-state index contributed by atoms with van der Waals surface area (Å²) in [4.78, 5) is 22.8. The van der Waals surface area contributed by atoms with E-state index in [4.69, 9.17) is 16.3 Å². The van der Waals surface area contributed by atoms with Gasteiger partial charge in [-0.2, -0.15) is 0 Å². The molecule has 0 spiro atoms. The van der Waals surface area contributed by atoms with Crippen LogP contribution in [-0.2, 0) is 4.79 Å². The lowest BCUT2D eigenvalue weighted by atomic mass is 10.2. The highest BCUT2D eigenvalue weighted by molar-refractivity contribution is 6.30. The molecular formula is C18H20ClN3O3. The fraction of sp³-hybridized carbons (Fsp3) is 0.222. The number of amides is 3. The molecule has 0 aromatic heterocycles. The lowest BCUT2D eigenvalue weighted by molar-refractivity contribution is -0.114. The van der Waals surface area contributed by atoms with Crippen LogP contribution in [0.5, 0.6) is 5.75 Å². The van der Waals surface area contributed by atoms with Gasteiger partial charge in [0.05, 0.1) is 6.54 Å². The van der Waals surface area contributed by atoms with Crippen LogP contribution in [0.2, 0.25) is 5.02 Å². The molecule has 7 heteroatoms. The monoisotopic (exact) mass is 361 g/mol. The molecule has 3 N–H and O–H groups in total. The number of rotatable bonds is 6. The van der Waals surface area contributed by atoms with Crippen LogP contribution in [0.25, 0.3) is 0 Å². The first-order chi connectivity index (χ1) is 11.9. The number of carbonyl (C=O) groups is 2. The Labute approximate surface area is 151 Å². The molecule has 0 fully saturated rings. The molecule has 0 bridgehead atoms. The number of urea groups is 1. The van der Waals surface area contributed by atoms with Crippen molar-refractivity contribution >= 4 is 34.9 Å². The Morgan fingerprint density at radius 1 is 1.04 bits per heavy atom. The van der Waals surface area contributed by atoms with Crippen LogP contribution in [-0.4, -0.2) is 25.1 Å². The molecule has 2 aromatic carbocycles. The molecule has 0 atom stereocenters.